The van der Waals surface area contributed by atoms with Gasteiger partial charge in [0.25, 0.3) is 0 Å². The number of anilines is 1. The Labute approximate surface area is 94.6 Å². The normalized spacial score (nSPS) is 14.2. The molecule has 1 heterocycles. The van der Waals surface area contributed by atoms with E-state index in [9.17, 15) is 18.4 Å². The molecule has 0 saturated heterocycles. The van der Waals surface area contributed by atoms with Gasteiger partial charge in [-0.2, -0.15) is 0 Å². The highest BCUT2D eigenvalue weighted by molar-refractivity contribution is 5.94. The highest BCUT2D eigenvalue weighted by atomic mass is 19.2. The Balaban J connectivity index is 2.35. The van der Waals surface area contributed by atoms with Crippen LogP contribution in [-0.4, -0.2) is 28.6 Å². The summed E-state index contributed by atoms with van der Waals surface area (Å²) < 4.78 is 26.4. The third-order valence-electron chi connectivity index (χ3n) is 2.40. The fraction of sp³-hybridized carbons (Fsp3) is 0.200. The molecule has 1 aromatic rings. The number of urea groups is 1. The summed E-state index contributed by atoms with van der Waals surface area (Å²) in [6.07, 6.45) is 0. The zero-order valence-electron chi connectivity index (χ0n) is 8.54. The Morgan fingerprint density at radius 3 is 2.82 bits per heavy atom. The second kappa shape index (κ2) is 4.00. The van der Waals surface area contributed by atoms with Crippen molar-refractivity contribution in [1.29, 1.82) is 0 Å². The molecule has 90 valence electrons. The van der Waals surface area contributed by atoms with Crippen molar-refractivity contribution >= 4 is 17.7 Å². The number of nitrogens with one attached hydrogen (secondary N) is 1. The maximum Gasteiger partial charge on any atom is 0.323 e. The number of aliphatic carboxylic acids is 1. The Morgan fingerprint density at radius 1 is 1.47 bits per heavy atom. The largest absolute Gasteiger partial charge is 0.480 e. The van der Waals surface area contributed by atoms with Gasteiger partial charge in [-0.25, -0.2) is 13.6 Å². The number of hydrogen-bond donors (Lipinski definition) is 2. The number of carbonyl (C=O) groups is 2. The van der Waals surface area contributed by atoms with Gasteiger partial charge in [0.15, 0.2) is 11.6 Å². The van der Waals surface area contributed by atoms with E-state index in [1.54, 1.807) is 0 Å². The summed E-state index contributed by atoms with van der Waals surface area (Å²) in [7, 11) is 0. The zero-order valence-corrected chi connectivity index (χ0v) is 8.54. The SMILES string of the molecule is O=C(O)CN1Cc2c(ccc(F)c2F)NC1=O. The molecule has 0 bridgehead atoms. The molecule has 17 heavy (non-hydrogen) atoms. The first-order valence-corrected chi connectivity index (χ1v) is 4.73. The summed E-state index contributed by atoms with van der Waals surface area (Å²) >= 11 is 0. The minimum Gasteiger partial charge on any atom is -0.480 e. The number of fused-ring (bicyclic) bond motifs is 1. The van der Waals surface area contributed by atoms with Gasteiger partial charge in [0.2, 0.25) is 0 Å². The van der Waals surface area contributed by atoms with Crippen molar-refractivity contribution in [3.8, 4) is 0 Å². The summed E-state index contributed by atoms with van der Waals surface area (Å²) in [5, 5.41) is 10.9. The van der Waals surface area contributed by atoms with E-state index in [0.29, 0.717) is 0 Å². The van der Waals surface area contributed by atoms with Gasteiger partial charge in [-0.05, 0) is 12.1 Å². The molecule has 2 rings (SSSR count). The fourth-order valence-corrected chi connectivity index (χ4v) is 1.61. The Bertz CT molecular complexity index is 505. The van der Waals surface area contributed by atoms with Crippen LogP contribution in [0.1, 0.15) is 5.56 Å². The minimum absolute atomic E-state index is 0.0501. The van der Waals surface area contributed by atoms with E-state index in [-0.39, 0.29) is 17.8 Å². The molecule has 0 saturated carbocycles. The number of rotatable bonds is 2. The predicted molar refractivity (Wildman–Crippen MR) is 53.4 cm³/mol. The molecule has 2 amide bonds. The van der Waals surface area contributed by atoms with Gasteiger partial charge in [-0.1, -0.05) is 0 Å². The summed E-state index contributed by atoms with van der Waals surface area (Å²) in [6.45, 7) is -0.835. The van der Waals surface area contributed by atoms with Gasteiger partial charge in [0.05, 0.1) is 12.2 Å². The first-order valence-electron chi connectivity index (χ1n) is 4.73. The van der Waals surface area contributed by atoms with Gasteiger partial charge in [-0.3, -0.25) is 4.79 Å². The topological polar surface area (TPSA) is 69.6 Å². The van der Waals surface area contributed by atoms with Gasteiger partial charge < -0.3 is 15.3 Å². The number of amides is 2. The third kappa shape index (κ3) is 2.03. The minimum atomic E-state index is -1.22. The highest BCUT2D eigenvalue weighted by Gasteiger charge is 2.27. The summed E-state index contributed by atoms with van der Waals surface area (Å²) in [4.78, 5) is 22.8. The number of carboxylic acid groups (broad SMARTS) is 1. The monoisotopic (exact) mass is 242 g/mol. The lowest BCUT2D eigenvalue weighted by Crippen LogP contribution is -2.42. The number of nitrogens with zero attached hydrogens (tertiary/aromatic N) is 1. The number of halogens is 2. The molecule has 1 aliphatic heterocycles. The van der Waals surface area contributed by atoms with E-state index >= 15 is 0 Å². The van der Waals surface area contributed by atoms with Crippen molar-refractivity contribution in [2.45, 2.75) is 6.54 Å². The van der Waals surface area contributed by atoms with Crippen LogP contribution >= 0.6 is 0 Å². The van der Waals surface area contributed by atoms with Crippen molar-refractivity contribution in [2.24, 2.45) is 0 Å². The summed E-state index contributed by atoms with van der Waals surface area (Å²) in [6, 6.07) is 1.50. The van der Waals surface area contributed by atoms with Crippen molar-refractivity contribution in [3.05, 3.63) is 29.3 Å². The van der Waals surface area contributed by atoms with E-state index in [4.69, 9.17) is 5.11 Å². The van der Waals surface area contributed by atoms with Gasteiger partial charge in [0.1, 0.15) is 6.54 Å². The van der Waals surface area contributed by atoms with E-state index in [0.717, 1.165) is 11.0 Å². The number of hydrogen-bond acceptors (Lipinski definition) is 2. The molecule has 1 aliphatic rings. The zero-order chi connectivity index (χ0) is 12.6. The third-order valence-corrected chi connectivity index (χ3v) is 2.40. The van der Waals surface area contributed by atoms with Gasteiger partial charge in [0, 0.05) is 5.56 Å². The van der Waals surface area contributed by atoms with E-state index in [2.05, 4.69) is 5.32 Å². The lowest BCUT2D eigenvalue weighted by atomic mass is 10.1. The molecule has 0 unspecified atom stereocenters. The molecule has 0 radical (unpaired) electrons. The maximum absolute atomic E-state index is 13.4. The summed E-state index contributed by atoms with van der Waals surface area (Å²) in [5.74, 6) is -3.33. The average Bonchev–Trinajstić information content (AvgIpc) is 2.25. The molecule has 7 heteroatoms. The van der Waals surface area contributed by atoms with Crippen LogP contribution in [0.4, 0.5) is 19.3 Å². The molecule has 0 aromatic heterocycles. The lowest BCUT2D eigenvalue weighted by molar-refractivity contribution is -0.137. The van der Waals surface area contributed by atoms with Crippen LogP contribution in [0, 0.1) is 11.6 Å². The van der Waals surface area contributed by atoms with E-state index in [1.807, 2.05) is 0 Å². The molecular weight excluding hydrogens is 234 g/mol. The molecule has 0 spiro atoms. The molecule has 0 atom stereocenters. The van der Waals surface area contributed by atoms with Crippen molar-refractivity contribution < 1.29 is 23.5 Å². The second-order valence-corrected chi connectivity index (χ2v) is 3.57. The van der Waals surface area contributed by atoms with Crippen LogP contribution in [0.5, 0.6) is 0 Å². The predicted octanol–water partition coefficient (Wildman–Crippen LogP) is 1.40. The van der Waals surface area contributed by atoms with Crippen molar-refractivity contribution in [1.82, 2.24) is 4.90 Å². The van der Waals surface area contributed by atoms with Crippen LogP contribution < -0.4 is 5.32 Å². The molecule has 1 aromatic carbocycles. The molecular formula is C10H8F2N2O3. The van der Waals surface area contributed by atoms with Gasteiger partial charge >= 0.3 is 12.0 Å². The molecule has 0 aliphatic carbocycles. The first kappa shape index (κ1) is 11.3. The Hall–Kier alpha value is -2.18. The van der Waals surface area contributed by atoms with Crippen LogP contribution in [0.3, 0.4) is 0 Å². The second-order valence-electron chi connectivity index (χ2n) is 3.57. The van der Waals surface area contributed by atoms with E-state index in [1.165, 1.54) is 6.07 Å². The molecule has 2 N–H and O–H groups in total. The van der Waals surface area contributed by atoms with Gasteiger partial charge in [-0.15, -0.1) is 0 Å². The van der Waals surface area contributed by atoms with Crippen LogP contribution in [-0.2, 0) is 11.3 Å². The highest BCUT2D eigenvalue weighted by Crippen LogP contribution is 2.27. The number of carboxylic acids is 1. The average molecular weight is 242 g/mol. The molecule has 0 fully saturated rings. The lowest BCUT2D eigenvalue weighted by Gasteiger charge is -2.28. The quantitative estimate of drug-likeness (QED) is 0.823. The van der Waals surface area contributed by atoms with Crippen LogP contribution in [0.15, 0.2) is 12.1 Å². The fourth-order valence-electron chi connectivity index (χ4n) is 1.61. The van der Waals surface area contributed by atoms with E-state index < -0.39 is 30.2 Å². The maximum atomic E-state index is 13.4. The number of benzene rings is 1. The molecule has 5 nitrogen and oxygen atoms in total. The van der Waals surface area contributed by atoms with Crippen molar-refractivity contribution in [3.63, 3.8) is 0 Å². The Kier molecular flexibility index (Phi) is 2.66. The summed E-state index contributed by atoms with van der Waals surface area (Å²) in [5.41, 5.74) is 0.112. The number of carbonyl (C=O) groups excluding carboxylic acids is 1. The van der Waals surface area contributed by atoms with Crippen molar-refractivity contribution in [2.75, 3.05) is 11.9 Å². The van der Waals surface area contributed by atoms with Crippen LogP contribution in [0.25, 0.3) is 0 Å². The van der Waals surface area contributed by atoms with Crippen LogP contribution in [0.2, 0.25) is 0 Å². The Morgan fingerprint density at radius 2 is 2.18 bits per heavy atom. The first-order chi connectivity index (χ1) is 7.99. The smallest absolute Gasteiger partial charge is 0.323 e. The standard InChI is InChI=1S/C10H8F2N2O3/c11-6-1-2-7-5(9(6)12)3-14(4-8(15)16)10(17)13-7/h1-2H,3-4H2,(H,13,17)(H,15,16).